The van der Waals surface area contributed by atoms with E-state index in [1.54, 1.807) is 18.3 Å². The van der Waals surface area contributed by atoms with Crippen molar-refractivity contribution in [1.82, 2.24) is 10.3 Å². The highest BCUT2D eigenvalue weighted by Gasteiger charge is 2.52. The number of carbonyl (C=O) groups is 1. The number of nitrogens with one attached hydrogen (secondary N) is 1. The number of hydrogen-bond donors (Lipinski definition) is 2. The molecule has 1 fully saturated rings. The van der Waals surface area contributed by atoms with Gasteiger partial charge in [0, 0.05) is 29.9 Å². The van der Waals surface area contributed by atoms with Gasteiger partial charge in [-0.2, -0.15) is 0 Å². The maximum Gasteiger partial charge on any atom is 0.492 e. The molecule has 9 heteroatoms. The maximum absolute atomic E-state index is 12.9. The van der Waals surface area contributed by atoms with E-state index in [-0.39, 0.29) is 24.2 Å². The highest BCUT2D eigenvalue weighted by Crippen LogP contribution is 2.44. The molecule has 0 unspecified atom stereocenters. The van der Waals surface area contributed by atoms with E-state index < -0.39 is 24.4 Å². The summed E-state index contributed by atoms with van der Waals surface area (Å²) in [5.74, 6) is -0.0275. The maximum atomic E-state index is 12.9. The molecule has 0 saturated carbocycles. The molecule has 2 heterocycles. The summed E-state index contributed by atoms with van der Waals surface area (Å²) in [6, 6.07) is 18.1. The summed E-state index contributed by atoms with van der Waals surface area (Å²) in [7, 11) is -0.718. The van der Waals surface area contributed by atoms with Crippen molar-refractivity contribution in [3.8, 4) is 11.1 Å². The number of halogens is 1. The Balaban J connectivity index is 1.32. The zero-order valence-electron chi connectivity index (χ0n) is 22.0. The third kappa shape index (κ3) is 4.91. The molecule has 3 aromatic rings. The van der Waals surface area contributed by atoms with E-state index >= 15 is 0 Å². The van der Waals surface area contributed by atoms with Crippen molar-refractivity contribution in [2.45, 2.75) is 44.8 Å². The SMILES string of the molecule is CC1(C)OB(C(=Cc2c(N)ccnc2Cl)CNC(=O)OCC2c3ccccc3-c3ccccc32)OC1(C)C. The van der Waals surface area contributed by atoms with Crippen LogP contribution in [-0.2, 0) is 14.0 Å². The highest BCUT2D eigenvalue weighted by molar-refractivity contribution is 6.56. The minimum atomic E-state index is -0.718. The minimum absolute atomic E-state index is 0.0275. The van der Waals surface area contributed by atoms with E-state index in [0.717, 1.165) is 11.1 Å². The van der Waals surface area contributed by atoms with Crippen molar-refractivity contribution >= 4 is 36.6 Å². The molecule has 3 N–H and O–H groups in total. The number of nitrogens with two attached hydrogens (primary N) is 1. The molecule has 0 bridgehead atoms. The summed E-state index contributed by atoms with van der Waals surface area (Å²) in [5, 5.41) is 3.10. The van der Waals surface area contributed by atoms with Crippen LogP contribution < -0.4 is 11.1 Å². The van der Waals surface area contributed by atoms with Crippen molar-refractivity contribution in [2.75, 3.05) is 18.9 Å². The zero-order chi connectivity index (χ0) is 27.1. The Morgan fingerprint density at radius 3 is 2.21 bits per heavy atom. The van der Waals surface area contributed by atoms with E-state index in [1.807, 2.05) is 52.0 Å². The van der Waals surface area contributed by atoms with Crippen LogP contribution in [0.1, 0.15) is 50.3 Å². The summed E-state index contributed by atoms with van der Waals surface area (Å²) in [6.07, 6.45) is 2.76. The van der Waals surface area contributed by atoms with Crippen LogP contribution in [0, 0.1) is 0 Å². The normalized spacial score (nSPS) is 17.7. The topological polar surface area (TPSA) is 95.7 Å². The number of aromatic nitrogens is 1. The lowest BCUT2D eigenvalue weighted by atomic mass is 9.77. The van der Waals surface area contributed by atoms with Gasteiger partial charge in [-0.15, -0.1) is 0 Å². The summed E-state index contributed by atoms with van der Waals surface area (Å²) in [6.45, 7) is 8.20. The molecule has 38 heavy (non-hydrogen) atoms. The molecule has 2 aromatic carbocycles. The third-order valence-electron chi connectivity index (χ3n) is 7.64. The van der Waals surface area contributed by atoms with E-state index in [2.05, 4.69) is 34.6 Å². The molecular formula is C29H31BClN3O4. The van der Waals surface area contributed by atoms with Gasteiger partial charge < -0.3 is 25.1 Å². The number of pyridine rings is 1. The lowest BCUT2D eigenvalue weighted by molar-refractivity contribution is 0.00578. The second-order valence-corrected chi connectivity index (χ2v) is 10.9. The van der Waals surface area contributed by atoms with Gasteiger partial charge in [0.1, 0.15) is 11.8 Å². The van der Waals surface area contributed by atoms with E-state index in [0.29, 0.717) is 16.7 Å². The fraction of sp³-hybridized carbons (Fsp3) is 0.310. The second kappa shape index (κ2) is 10.1. The summed E-state index contributed by atoms with van der Waals surface area (Å²) in [5.41, 5.74) is 11.3. The smallest absolute Gasteiger partial charge is 0.449 e. The van der Waals surface area contributed by atoms with E-state index in [9.17, 15) is 4.79 Å². The number of fused-ring (bicyclic) bond motifs is 3. The van der Waals surface area contributed by atoms with Gasteiger partial charge in [0.15, 0.2) is 0 Å². The summed E-state index contributed by atoms with van der Waals surface area (Å²) >= 11 is 6.33. The first-order valence-electron chi connectivity index (χ1n) is 12.6. The van der Waals surface area contributed by atoms with Gasteiger partial charge in [-0.3, -0.25) is 0 Å². The highest BCUT2D eigenvalue weighted by atomic mass is 35.5. The standard InChI is InChI=1S/C29H31BClN3O4/c1-28(2)29(3,4)38-30(37-28)18(15-23-25(32)13-14-33-26(23)31)16-34-27(35)36-17-24-21-11-7-5-9-19(21)20-10-6-8-12-22(20)24/h5-15,24H,16-17H2,1-4H3,(H2,32,33)(H,34,35). The molecule has 1 saturated heterocycles. The van der Waals surface area contributed by atoms with Crippen LogP contribution in [0.15, 0.2) is 66.3 Å². The Labute approximate surface area is 228 Å². The van der Waals surface area contributed by atoms with Gasteiger partial charge in [-0.1, -0.05) is 66.2 Å². The number of alkyl carbamates (subject to hydrolysis) is 1. The average molecular weight is 532 g/mol. The molecule has 7 nitrogen and oxygen atoms in total. The fourth-order valence-electron chi connectivity index (χ4n) is 4.81. The van der Waals surface area contributed by atoms with Crippen LogP contribution in [0.3, 0.4) is 0 Å². The summed E-state index contributed by atoms with van der Waals surface area (Å²) < 4.78 is 18.2. The van der Waals surface area contributed by atoms with Crippen LogP contribution >= 0.6 is 11.6 Å². The van der Waals surface area contributed by atoms with Crippen LogP contribution in [-0.4, -0.2) is 42.5 Å². The van der Waals surface area contributed by atoms with Crippen molar-refractivity contribution in [1.29, 1.82) is 0 Å². The largest absolute Gasteiger partial charge is 0.492 e. The van der Waals surface area contributed by atoms with E-state index in [4.69, 9.17) is 31.4 Å². The molecule has 1 amide bonds. The predicted octanol–water partition coefficient (Wildman–Crippen LogP) is 5.87. The van der Waals surface area contributed by atoms with Gasteiger partial charge in [0.2, 0.25) is 0 Å². The quantitative estimate of drug-likeness (QED) is 0.305. The van der Waals surface area contributed by atoms with E-state index in [1.165, 1.54) is 11.1 Å². The molecule has 0 atom stereocenters. The van der Waals surface area contributed by atoms with Gasteiger partial charge in [0.05, 0.1) is 11.2 Å². The molecular weight excluding hydrogens is 501 g/mol. The number of nitrogens with zero attached hydrogens (tertiary/aromatic N) is 1. The number of carbonyl (C=O) groups excluding carboxylic acids is 1. The van der Waals surface area contributed by atoms with Gasteiger partial charge in [0.25, 0.3) is 0 Å². The van der Waals surface area contributed by atoms with Crippen molar-refractivity contribution in [3.63, 3.8) is 0 Å². The van der Waals surface area contributed by atoms with Gasteiger partial charge in [-0.25, -0.2) is 9.78 Å². The fourth-order valence-corrected chi connectivity index (χ4v) is 5.03. The number of ether oxygens (including phenoxy) is 1. The number of hydrogen-bond acceptors (Lipinski definition) is 6. The minimum Gasteiger partial charge on any atom is -0.449 e. The number of nitrogen functional groups attached to an aromatic ring is 1. The van der Waals surface area contributed by atoms with Crippen molar-refractivity contribution < 1.29 is 18.8 Å². The first-order valence-corrected chi connectivity index (χ1v) is 13.0. The molecule has 0 radical (unpaired) electrons. The Hall–Kier alpha value is -3.33. The summed E-state index contributed by atoms with van der Waals surface area (Å²) in [4.78, 5) is 17.0. The second-order valence-electron chi connectivity index (χ2n) is 10.6. The number of benzene rings is 2. The Bertz CT molecular complexity index is 1330. The molecule has 196 valence electrons. The first kappa shape index (κ1) is 26.3. The molecule has 1 aliphatic carbocycles. The molecule has 0 spiro atoms. The molecule has 1 aromatic heterocycles. The number of amides is 1. The van der Waals surface area contributed by atoms with Gasteiger partial charge >= 0.3 is 13.2 Å². The van der Waals surface area contributed by atoms with Gasteiger partial charge in [-0.05, 0) is 61.5 Å². The average Bonchev–Trinajstić information content (AvgIpc) is 3.31. The molecule has 5 rings (SSSR count). The number of anilines is 1. The third-order valence-corrected chi connectivity index (χ3v) is 7.94. The Morgan fingerprint density at radius 2 is 1.63 bits per heavy atom. The lowest BCUT2D eigenvalue weighted by Gasteiger charge is -2.32. The molecule has 2 aliphatic rings. The van der Waals surface area contributed by atoms with Crippen LogP contribution in [0.5, 0.6) is 0 Å². The van der Waals surface area contributed by atoms with Crippen LogP contribution in [0.25, 0.3) is 17.2 Å². The zero-order valence-corrected chi connectivity index (χ0v) is 22.7. The predicted molar refractivity (Wildman–Crippen MR) is 151 cm³/mol. The number of rotatable bonds is 6. The first-order chi connectivity index (χ1) is 18.1. The van der Waals surface area contributed by atoms with Crippen LogP contribution in [0.2, 0.25) is 5.15 Å². The Kier molecular flexibility index (Phi) is 6.98. The Morgan fingerprint density at radius 1 is 1.05 bits per heavy atom. The van der Waals surface area contributed by atoms with Crippen molar-refractivity contribution in [2.24, 2.45) is 0 Å². The lowest BCUT2D eigenvalue weighted by Crippen LogP contribution is -2.41. The van der Waals surface area contributed by atoms with Crippen molar-refractivity contribution in [3.05, 3.63) is 88.1 Å². The monoisotopic (exact) mass is 531 g/mol. The molecule has 1 aliphatic heterocycles. The van der Waals surface area contributed by atoms with Crippen LogP contribution in [0.4, 0.5) is 10.5 Å².